The highest BCUT2D eigenvalue weighted by Crippen LogP contribution is 2.25. The lowest BCUT2D eigenvalue weighted by Gasteiger charge is -2.09. The standard InChI is InChI=1S/C10H13ClFN3O3S/c1-14-9(16)2-3-15-19(17,18)8-5-6(13)4-7(11)10(8)12/h4-5,15H,2-3,13H2,1H3,(H,14,16). The first-order chi connectivity index (χ1) is 8.77. The molecular formula is C10H13ClFN3O3S. The summed E-state index contributed by atoms with van der Waals surface area (Å²) in [6.07, 6.45) is -0.0621. The molecule has 0 atom stereocenters. The molecule has 1 aromatic carbocycles. The number of benzene rings is 1. The fourth-order valence-corrected chi connectivity index (χ4v) is 2.73. The monoisotopic (exact) mass is 309 g/mol. The molecule has 0 radical (unpaired) electrons. The molecule has 0 aliphatic heterocycles. The van der Waals surface area contributed by atoms with Crippen LogP contribution in [0.5, 0.6) is 0 Å². The Hall–Kier alpha value is -1.38. The minimum atomic E-state index is -4.11. The second-order valence-electron chi connectivity index (χ2n) is 3.64. The third-order valence-electron chi connectivity index (χ3n) is 2.23. The van der Waals surface area contributed by atoms with Crippen molar-refractivity contribution in [2.75, 3.05) is 19.3 Å². The van der Waals surface area contributed by atoms with Gasteiger partial charge in [0.05, 0.1) is 5.02 Å². The van der Waals surface area contributed by atoms with Crippen LogP contribution in [0.4, 0.5) is 10.1 Å². The first-order valence-electron chi connectivity index (χ1n) is 5.22. The zero-order chi connectivity index (χ0) is 14.6. The number of sulfonamides is 1. The van der Waals surface area contributed by atoms with Crippen molar-refractivity contribution in [3.05, 3.63) is 23.0 Å². The molecule has 0 saturated heterocycles. The smallest absolute Gasteiger partial charge is 0.243 e. The first kappa shape index (κ1) is 15.7. The van der Waals surface area contributed by atoms with Crippen molar-refractivity contribution >= 4 is 33.2 Å². The molecule has 0 saturated carbocycles. The second-order valence-corrected chi connectivity index (χ2v) is 5.78. The molecule has 0 spiro atoms. The van der Waals surface area contributed by atoms with Crippen LogP contribution in [0.1, 0.15) is 6.42 Å². The summed E-state index contributed by atoms with van der Waals surface area (Å²) in [7, 11) is -2.68. The fraction of sp³-hybridized carbons (Fsp3) is 0.300. The number of hydrogen-bond acceptors (Lipinski definition) is 4. The van der Waals surface area contributed by atoms with Gasteiger partial charge in [-0.25, -0.2) is 17.5 Å². The zero-order valence-corrected chi connectivity index (χ0v) is 11.6. The molecule has 19 heavy (non-hydrogen) atoms. The van der Waals surface area contributed by atoms with Crippen LogP contribution in [0.25, 0.3) is 0 Å². The Kier molecular flexibility index (Phi) is 5.10. The van der Waals surface area contributed by atoms with E-state index in [1.54, 1.807) is 0 Å². The molecule has 0 bridgehead atoms. The molecule has 0 heterocycles. The van der Waals surface area contributed by atoms with Crippen LogP contribution in [0.2, 0.25) is 5.02 Å². The molecule has 0 aromatic heterocycles. The number of nitrogen functional groups attached to an aromatic ring is 1. The maximum atomic E-state index is 13.6. The summed E-state index contributed by atoms with van der Waals surface area (Å²) in [5.41, 5.74) is 5.44. The molecular weight excluding hydrogens is 297 g/mol. The number of nitrogens with two attached hydrogens (primary N) is 1. The highest BCUT2D eigenvalue weighted by atomic mass is 35.5. The predicted octanol–water partition coefficient (Wildman–Crippen LogP) is 0.476. The lowest BCUT2D eigenvalue weighted by Crippen LogP contribution is -2.29. The molecule has 1 amide bonds. The summed E-state index contributed by atoms with van der Waals surface area (Å²) in [6, 6.07) is 2.07. The van der Waals surface area contributed by atoms with Crippen molar-refractivity contribution in [2.45, 2.75) is 11.3 Å². The Morgan fingerprint density at radius 3 is 2.68 bits per heavy atom. The largest absolute Gasteiger partial charge is 0.399 e. The van der Waals surface area contributed by atoms with E-state index in [0.717, 1.165) is 12.1 Å². The molecule has 0 unspecified atom stereocenters. The van der Waals surface area contributed by atoms with Gasteiger partial charge < -0.3 is 11.1 Å². The van der Waals surface area contributed by atoms with Crippen LogP contribution in [-0.2, 0) is 14.8 Å². The Labute approximate surface area is 115 Å². The lowest BCUT2D eigenvalue weighted by molar-refractivity contribution is -0.120. The third-order valence-corrected chi connectivity index (χ3v) is 3.96. The summed E-state index contributed by atoms with van der Waals surface area (Å²) in [4.78, 5) is 10.3. The van der Waals surface area contributed by atoms with Gasteiger partial charge in [-0.1, -0.05) is 11.6 Å². The van der Waals surface area contributed by atoms with Crippen molar-refractivity contribution in [3.8, 4) is 0 Å². The minimum Gasteiger partial charge on any atom is -0.399 e. The highest BCUT2D eigenvalue weighted by Gasteiger charge is 2.21. The van der Waals surface area contributed by atoms with Crippen LogP contribution < -0.4 is 15.8 Å². The molecule has 1 rings (SSSR count). The van der Waals surface area contributed by atoms with Gasteiger partial charge in [-0.05, 0) is 12.1 Å². The Morgan fingerprint density at radius 1 is 1.47 bits per heavy atom. The summed E-state index contributed by atoms with van der Waals surface area (Å²) >= 11 is 5.52. The van der Waals surface area contributed by atoms with E-state index in [4.69, 9.17) is 17.3 Å². The number of anilines is 1. The fourth-order valence-electron chi connectivity index (χ4n) is 1.28. The summed E-state index contributed by atoms with van der Waals surface area (Å²) in [5, 5.41) is 1.95. The summed E-state index contributed by atoms with van der Waals surface area (Å²) in [5.74, 6) is -1.42. The van der Waals surface area contributed by atoms with E-state index in [1.807, 2.05) is 0 Å². The van der Waals surface area contributed by atoms with Crippen molar-refractivity contribution in [2.24, 2.45) is 0 Å². The lowest BCUT2D eigenvalue weighted by atomic mass is 10.3. The van der Waals surface area contributed by atoms with E-state index >= 15 is 0 Å². The van der Waals surface area contributed by atoms with Gasteiger partial charge in [0, 0.05) is 25.7 Å². The molecule has 9 heteroatoms. The highest BCUT2D eigenvalue weighted by molar-refractivity contribution is 7.89. The quantitative estimate of drug-likeness (QED) is 0.688. The SMILES string of the molecule is CNC(=O)CCNS(=O)(=O)c1cc(N)cc(Cl)c1F. The van der Waals surface area contributed by atoms with Crippen molar-refractivity contribution in [1.29, 1.82) is 0 Å². The zero-order valence-electron chi connectivity index (χ0n) is 10.0. The van der Waals surface area contributed by atoms with Crippen molar-refractivity contribution in [1.82, 2.24) is 10.0 Å². The Morgan fingerprint density at radius 2 is 2.11 bits per heavy atom. The molecule has 0 fully saturated rings. The molecule has 1 aromatic rings. The normalized spacial score (nSPS) is 11.3. The van der Waals surface area contributed by atoms with Crippen LogP contribution >= 0.6 is 11.6 Å². The van der Waals surface area contributed by atoms with E-state index in [9.17, 15) is 17.6 Å². The average molecular weight is 310 g/mol. The van der Waals surface area contributed by atoms with Gasteiger partial charge in [0.2, 0.25) is 15.9 Å². The molecule has 0 aliphatic carbocycles. The van der Waals surface area contributed by atoms with Gasteiger partial charge in [0.25, 0.3) is 0 Å². The van der Waals surface area contributed by atoms with Crippen LogP contribution in [-0.4, -0.2) is 27.9 Å². The van der Waals surface area contributed by atoms with E-state index in [0.29, 0.717) is 0 Å². The Bertz CT molecular complexity index is 592. The number of amides is 1. The first-order valence-corrected chi connectivity index (χ1v) is 7.09. The number of hydrogen-bond donors (Lipinski definition) is 3. The van der Waals surface area contributed by atoms with Gasteiger partial charge in [0.15, 0.2) is 5.82 Å². The van der Waals surface area contributed by atoms with E-state index in [-0.39, 0.29) is 29.6 Å². The number of rotatable bonds is 5. The topological polar surface area (TPSA) is 101 Å². The van der Waals surface area contributed by atoms with E-state index < -0.39 is 20.7 Å². The van der Waals surface area contributed by atoms with Gasteiger partial charge in [-0.15, -0.1) is 0 Å². The number of nitrogens with one attached hydrogen (secondary N) is 2. The Balaban J connectivity index is 2.92. The van der Waals surface area contributed by atoms with Crippen molar-refractivity contribution < 1.29 is 17.6 Å². The van der Waals surface area contributed by atoms with Gasteiger partial charge in [-0.2, -0.15) is 0 Å². The number of carbonyl (C=O) groups is 1. The van der Waals surface area contributed by atoms with E-state index in [2.05, 4.69) is 10.0 Å². The van der Waals surface area contributed by atoms with Gasteiger partial charge in [-0.3, -0.25) is 4.79 Å². The summed E-state index contributed by atoms with van der Waals surface area (Å²) < 4.78 is 39.4. The third kappa shape index (κ3) is 4.05. The molecule has 106 valence electrons. The molecule has 0 aliphatic rings. The predicted molar refractivity (Wildman–Crippen MR) is 69.7 cm³/mol. The number of carbonyl (C=O) groups excluding carboxylic acids is 1. The van der Waals surface area contributed by atoms with E-state index in [1.165, 1.54) is 7.05 Å². The maximum Gasteiger partial charge on any atom is 0.243 e. The number of halogens is 2. The maximum absolute atomic E-state index is 13.6. The van der Waals surface area contributed by atoms with Crippen LogP contribution in [0.15, 0.2) is 17.0 Å². The summed E-state index contributed by atoms with van der Waals surface area (Å²) in [6.45, 7) is -0.159. The van der Waals surface area contributed by atoms with Crippen molar-refractivity contribution in [3.63, 3.8) is 0 Å². The van der Waals surface area contributed by atoms with Crippen LogP contribution in [0, 0.1) is 5.82 Å². The van der Waals surface area contributed by atoms with Gasteiger partial charge >= 0.3 is 0 Å². The van der Waals surface area contributed by atoms with Gasteiger partial charge in [0.1, 0.15) is 4.90 Å². The average Bonchev–Trinajstić information content (AvgIpc) is 2.33. The minimum absolute atomic E-state index is 0.0260. The second kappa shape index (κ2) is 6.18. The molecule has 6 nitrogen and oxygen atoms in total. The molecule has 4 N–H and O–H groups in total. The van der Waals surface area contributed by atoms with Crippen LogP contribution in [0.3, 0.4) is 0 Å².